The molecule has 4 aromatic rings. The van der Waals surface area contributed by atoms with Gasteiger partial charge in [0.15, 0.2) is 5.78 Å². The first-order valence-electron chi connectivity index (χ1n) is 12.5. The minimum atomic E-state index is -1.27. The Kier molecular flexibility index (Phi) is 5.73. The summed E-state index contributed by atoms with van der Waals surface area (Å²) in [6.45, 7) is 9.73. The number of nitrogens with one attached hydrogen (secondary N) is 1. The van der Waals surface area contributed by atoms with Gasteiger partial charge in [0.2, 0.25) is 5.69 Å². The number of piperidine rings is 1. The number of nitrogens with zero attached hydrogens (tertiary/aromatic N) is 3. The van der Waals surface area contributed by atoms with Crippen LogP contribution in [0.2, 0.25) is 0 Å². The zero-order valence-electron chi connectivity index (χ0n) is 20.7. The standard InChI is InChI=1S/C30H22N4O5/c1-31-26-23-19-7-3-4-8-20(19)27(35)25-22(32-18-14-16(29(36)37)13-17(15-18)30(38)39)10-9-21(24(23)25)33-28(26)34-11-5-2-6-12-34/h3-4,7-10,13-15,32H,2,5-6,11-12H2,(H,36,37)(H,38,39). The molecule has 0 unspecified atom stereocenters. The lowest BCUT2D eigenvalue weighted by Gasteiger charge is -2.31. The molecule has 0 amide bonds. The van der Waals surface area contributed by atoms with Gasteiger partial charge in [-0.05, 0) is 55.2 Å². The average molecular weight is 519 g/mol. The van der Waals surface area contributed by atoms with E-state index in [-0.39, 0.29) is 22.6 Å². The van der Waals surface area contributed by atoms with Crippen molar-refractivity contribution in [2.24, 2.45) is 0 Å². The van der Waals surface area contributed by atoms with Crippen LogP contribution >= 0.6 is 0 Å². The number of carboxylic acids is 2. The van der Waals surface area contributed by atoms with Crippen molar-refractivity contribution in [3.05, 3.63) is 88.3 Å². The normalized spacial score (nSPS) is 14.0. The Labute approximate surface area is 223 Å². The number of carboxylic acid groups (broad SMARTS) is 2. The monoisotopic (exact) mass is 518 g/mol. The molecule has 0 spiro atoms. The summed E-state index contributed by atoms with van der Waals surface area (Å²) >= 11 is 0. The van der Waals surface area contributed by atoms with Crippen LogP contribution in [0.4, 0.5) is 22.9 Å². The van der Waals surface area contributed by atoms with Gasteiger partial charge in [0.25, 0.3) is 0 Å². The highest BCUT2D eigenvalue weighted by atomic mass is 16.4. The van der Waals surface area contributed by atoms with Gasteiger partial charge < -0.3 is 20.4 Å². The molecule has 2 aliphatic rings. The highest BCUT2D eigenvalue weighted by Crippen LogP contribution is 2.50. The number of anilines is 3. The fourth-order valence-electron chi connectivity index (χ4n) is 5.51. The second-order valence-corrected chi connectivity index (χ2v) is 9.61. The summed E-state index contributed by atoms with van der Waals surface area (Å²) in [5.41, 5.74) is 3.22. The molecule has 1 saturated heterocycles. The van der Waals surface area contributed by atoms with Crippen molar-refractivity contribution < 1.29 is 24.6 Å². The summed E-state index contributed by atoms with van der Waals surface area (Å²) in [4.78, 5) is 48.1. The van der Waals surface area contributed by atoms with Crippen molar-refractivity contribution in [3.63, 3.8) is 0 Å². The Bertz CT molecular complexity index is 1730. The molecule has 0 atom stereocenters. The van der Waals surface area contributed by atoms with Crippen molar-refractivity contribution >= 4 is 51.5 Å². The topological polar surface area (TPSA) is 124 Å². The fraction of sp³-hybridized carbons (Fsp3) is 0.167. The molecule has 1 aliphatic heterocycles. The zero-order chi connectivity index (χ0) is 27.3. The van der Waals surface area contributed by atoms with Crippen molar-refractivity contribution in [2.75, 3.05) is 23.3 Å². The Hall–Kier alpha value is -5.23. The summed E-state index contributed by atoms with van der Waals surface area (Å²) in [5.74, 6) is -2.19. The zero-order valence-corrected chi connectivity index (χ0v) is 20.7. The predicted molar refractivity (Wildman–Crippen MR) is 147 cm³/mol. The highest BCUT2D eigenvalue weighted by molar-refractivity contribution is 6.30. The van der Waals surface area contributed by atoms with Crippen LogP contribution in [0.15, 0.2) is 54.6 Å². The van der Waals surface area contributed by atoms with E-state index in [0.29, 0.717) is 50.3 Å². The van der Waals surface area contributed by atoms with Crippen LogP contribution in [0, 0.1) is 6.57 Å². The van der Waals surface area contributed by atoms with Crippen LogP contribution in [0.1, 0.15) is 55.9 Å². The van der Waals surface area contributed by atoms with E-state index in [2.05, 4.69) is 15.1 Å². The van der Waals surface area contributed by atoms with E-state index in [4.69, 9.17) is 11.6 Å². The molecule has 1 aliphatic carbocycles. The molecular weight excluding hydrogens is 496 g/mol. The molecule has 1 fully saturated rings. The summed E-state index contributed by atoms with van der Waals surface area (Å²) in [7, 11) is 0. The van der Waals surface area contributed by atoms with Gasteiger partial charge in [-0.1, -0.05) is 24.3 Å². The Morgan fingerprint density at radius 2 is 1.56 bits per heavy atom. The number of hydrogen-bond acceptors (Lipinski definition) is 6. The van der Waals surface area contributed by atoms with Gasteiger partial charge in [-0.25, -0.2) is 19.4 Å². The largest absolute Gasteiger partial charge is 0.478 e. The first-order chi connectivity index (χ1) is 18.9. The molecule has 1 aromatic heterocycles. The molecule has 9 heteroatoms. The number of carbonyl (C=O) groups excluding carboxylic acids is 1. The van der Waals surface area contributed by atoms with E-state index in [9.17, 15) is 24.6 Å². The van der Waals surface area contributed by atoms with Gasteiger partial charge in [-0.15, -0.1) is 0 Å². The average Bonchev–Trinajstić information content (AvgIpc) is 2.95. The first kappa shape index (κ1) is 24.1. The maximum atomic E-state index is 13.9. The molecule has 0 saturated carbocycles. The Morgan fingerprint density at radius 3 is 2.21 bits per heavy atom. The second kappa shape index (κ2) is 9.26. The number of aromatic carboxylic acids is 2. The smallest absolute Gasteiger partial charge is 0.335 e. The molecule has 39 heavy (non-hydrogen) atoms. The maximum Gasteiger partial charge on any atom is 0.335 e. The molecule has 0 bridgehead atoms. The quantitative estimate of drug-likeness (QED) is 0.238. The second-order valence-electron chi connectivity index (χ2n) is 9.61. The van der Waals surface area contributed by atoms with Gasteiger partial charge in [0.05, 0.1) is 34.5 Å². The van der Waals surface area contributed by atoms with Crippen molar-refractivity contribution in [3.8, 4) is 11.1 Å². The van der Waals surface area contributed by atoms with Gasteiger partial charge >= 0.3 is 11.9 Å². The lowest BCUT2D eigenvalue weighted by Crippen LogP contribution is -2.30. The molecule has 0 radical (unpaired) electrons. The van der Waals surface area contributed by atoms with E-state index in [1.165, 1.54) is 12.1 Å². The molecule has 192 valence electrons. The number of carbonyl (C=O) groups is 3. The molecule has 3 N–H and O–H groups in total. The number of ketones is 1. The summed E-state index contributed by atoms with van der Waals surface area (Å²) < 4.78 is 0. The Balaban J connectivity index is 1.61. The number of benzene rings is 3. The van der Waals surface area contributed by atoms with Crippen LogP contribution < -0.4 is 10.2 Å². The number of hydrogen-bond donors (Lipinski definition) is 3. The number of aromatic nitrogens is 1. The third-order valence-electron chi connectivity index (χ3n) is 7.25. The summed E-state index contributed by atoms with van der Waals surface area (Å²) in [6.07, 6.45) is 3.17. The van der Waals surface area contributed by atoms with Crippen molar-refractivity contribution in [1.82, 2.24) is 4.98 Å². The van der Waals surface area contributed by atoms with Gasteiger partial charge in [-0.2, -0.15) is 0 Å². The van der Waals surface area contributed by atoms with Crippen LogP contribution in [-0.2, 0) is 0 Å². The van der Waals surface area contributed by atoms with E-state index in [0.717, 1.165) is 38.4 Å². The van der Waals surface area contributed by atoms with E-state index >= 15 is 0 Å². The minimum Gasteiger partial charge on any atom is -0.478 e. The fourth-order valence-corrected chi connectivity index (χ4v) is 5.51. The summed E-state index contributed by atoms with van der Waals surface area (Å²) in [5, 5.41) is 22.6. The van der Waals surface area contributed by atoms with Gasteiger partial charge in [-0.3, -0.25) is 4.79 Å². The van der Waals surface area contributed by atoms with Crippen LogP contribution in [0.5, 0.6) is 0 Å². The van der Waals surface area contributed by atoms with Crippen LogP contribution in [-0.4, -0.2) is 46.0 Å². The van der Waals surface area contributed by atoms with Crippen molar-refractivity contribution in [1.29, 1.82) is 0 Å². The molecule has 9 nitrogen and oxygen atoms in total. The van der Waals surface area contributed by atoms with Gasteiger partial charge in [0.1, 0.15) is 5.82 Å². The number of fused-ring (bicyclic) bond motifs is 2. The molecule has 2 heterocycles. The third-order valence-corrected chi connectivity index (χ3v) is 7.25. The van der Waals surface area contributed by atoms with Crippen molar-refractivity contribution in [2.45, 2.75) is 19.3 Å². The third kappa shape index (κ3) is 3.94. The van der Waals surface area contributed by atoms with E-state index in [1.54, 1.807) is 24.3 Å². The van der Waals surface area contributed by atoms with Crippen LogP contribution in [0.3, 0.4) is 0 Å². The lowest BCUT2D eigenvalue weighted by atomic mass is 9.82. The molecule has 3 aromatic carbocycles. The van der Waals surface area contributed by atoms with E-state index < -0.39 is 11.9 Å². The molecular formula is C30H22N4O5. The van der Waals surface area contributed by atoms with Crippen LogP contribution in [0.25, 0.3) is 26.9 Å². The summed E-state index contributed by atoms with van der Waals surface area (Å²) in [6, 6.07) is 14.3. The number of pyridine rings is 1. The maximum absolute atomic E-state index is 13.9. The SMILES string of the molecule is [C-]#[N+]c1c(N2CCCCC2)nc2ccc(Nc3cc(C(=O)O)cc(C(=O)O)c3)c3c2c1-c1ccccc1C3=O. The Morgan fingerprint density at radius 1 is 0.897 bits per heavy atom. The first-order valence-corrected chi connectivity index (χ1v) is 12.5. The highest BCUT2D eigenvalue weighted by Gasteiger charge is 2.33. The minimum absolute atomic E-state index is 0.202. The molecule has 6 rings (SSSR count). The van der Waals surface area contributed by atoms with E-state index in [1.807, 2.05) is 12.1 Å². The predicted octanol–water partition coefficient (Wildman–Crippen LogP) is 6.13. The number of rotatable bonds is 5. The lowest BCUT2D eigenvalue weighted by molar-refractivity contribution is 0.0696. The van der Waals surface area contributed by atoms with Gasteiger partial charge in [0, 0.05) is 35.3 Å².